The van der Waals surface area contributed by atoms with Crippen molar-refractivity contribution in [3.05, 3.63) is 34.3 Å². The van der Waals surface area contributed by atoms with Gasteiger partial charge in [0.1, 0.15) is 0 Å². The molecule has 0 saturated carbocycles. The summed E-state index contributed by atoms with van der Waals surface area (Å²) in [5, 5.41) is 12.3. The quantitative estimate of drug-likeness (QED) is 0.891. The van der Waals surface area contributed by atoms with Gasteiger partial charge in [-0.3, -0.25) is 14.5 Å². The molecular formula is C15H19ClN2O3. The number of likely N-dealkylation sites (tertiary alicyclic amines) is 1. The first-order chi connectivity index (χ1) is 9.97. The van der Waals surface area contributed by atoms with Gasteiger partial charge in [0, 0.05) is 29.7 Å². The smallest absolute Gasteiger partial charge is 0.317 e. The third-order valence-corrected chi connectivity index (χ3v) is 4.20. The Bertz CT molecular complexity index is 540. The Kier molecular flexibility index (Phi) is 5.20. The van der Waals surface area contributed by atoms with E-state index in [1.807, 2.05) is 11.8 Å². The zero-order chi connectivity index (χ0) is 15.4. The first-order valence-electron chi connectivity index (χ1n) is 6.97. The Labute approximate surface area is 128 Å². The van der Waals surface area contributed by atoms with Gasteiger partial charge in [0.15, 0.2) is 0 Å². The van der Waals surface area contributed by atoms with E-state index in [1.54, 1.807) is 18.2 Å². The Morgan fingerprint density at radius 2 is 2.05 bits per heavy atom. The van der Waals surface area contributed by atoms with Gasteiger partial charge < -0.3 is 10.4 Å². The highest BCUT2D eigenvalue weighted by Gasteiger charge is 2.22. The third-order valence-electron chi connectivity index (χ3n) is 3.79. The van der Waals surface area contributed by atoms with Gasteiger partial charge in [0.25, 0.3) is 5.91 Å². The number of hydrogen-bond donors (Lipinski definition) is 2. The van der Waals surface area contributed by atoms with E-state index in [4.69, 9.17) is 16.7 Å². The van der Waals surface area contributed by atoms with E-state index in [0.717, 1.165) is 18.4 Å². The zero-order valence-corrected chi connectivity index (χ0v) is 12.7. The van der Waals surface area contributed by atoms with Crippen LogP contribution >= 0.6 is 11.6 Å². The van der Waals surface area contributed by atoms with Crippen molar-refractivity contribution in [2.24, 2.45) is 0 Å². The monoisotopic (exact) mass is 310 g/mol. The second-order valence-electron chi connectivity index (χ2n) is 5.33. The Morgan fingerprint density at radius 1 is 1.38 bits per heavy atom. The van der Waals surface area contributed by atoms with Gasteiger partial charge in [-0.1, -0.05) is 17.7 Å². The summed E-state index contributed by atoms with van der Waals surface area (Å²) >= 11 is 6.03. The standard InChI is InChI=1S/C15H19ClN2O3/c1-10-12(3-2-4-13(10)16)15(21)17-11-5-7-18(8-6-11)9-14(19)20/h2-4,11H,5-9H2,1H3,(H,17,21)(H,19,20). The topological polar surface area (TPSA) is 69.6 Å². The third kappa shape index (κ3) is 4.19. The fourth-order valence-electron chi connectivity index (χ4n) is 2.54. The first-order valence-corrected chi connectivity index (χ1v) is 7.35. The molecule has 0 atom stereocenters. The largest absolute Gasteiger partial charge is 0.480 e. The lowest BCUT2D eigenvalue weighted by atomic mass is 10.0. The molecule has 2 rings (SSSR count). The van der Waals surface area contributed by atoms with Crippen LogP contribution in [0, 0.1) is 6.92 Å². The average molecular weight is 311 g/mol. The number of rotatable bonds is 4. The van der Waals surface area contributed by atoms with E-state index in [-0.39, 0.29) is 18.5 Å². The van der Waals surface area contributed by atoms with Gasteiger partial charge >= 0.3 is 5.97 Å². The molecule has 1 fully saturated rings. The summed E-state index contributed by atoms with van der Waals surface area (Å²) in [6.07, 6.45) is 1.53. The minimum absolute atomic E-state index is 0.0636. The Morgan fingerprint density at radius 3 is 2.67 bits per heavy atom. The summed E-state index contributed by atoms with van der Waals surface area (Å²) in [6, 6.07) is 5.37. The van der Waals surface area contributed by atoms with Crippen molar-refractivity contribution in [3.8, 4) is 0 Å². The zero-order valence-electron chi connectivity index (χ0n) is 11.9. The molecular weight excluding hydrogens is 292 g/mol. The molecule has 114 valence electrons. The molecule has 21 heavy (non-hydrogen) atoms. The average Bonchev–Trinajstić information content (AvgIpc) is 2.43. The number of aliphatic carboxylic acids is 1. The van der Waals surface area contributed by atoms with Gasteiger partial charge in [0.05, 0.1) is 6.54 Å². The van der Waals surface area contributed by atoms with Gasteiger partial charge in [-0.05, 0) is 37.5 Å². The molecule has 0 radical (unpaired) electrons. The summed E-state index contributed by atoms with van der Waals surface area (Å²) in [5.74, 6) is -0.932. The predicted octanol–water partition coefficient (Wildman–Crippen LogP) is 1.93. The van der Waals surface area contributed by atoms with Crippen molar-refractivity contribution in [2.45, 2.75) is 25.8 Å². The molecule has 1 heterocycles. The van der Waals surface area contributed by atoms with Gasteiger partial charge in [0.2, 0.25) is 0 Å². The molecule has 1 aromatic rings. The molecule has 0 aliphatic carbocycles. The summed E-state index contributed by atoms with van der Waals surface area (Å²) in [5.41, 5.74) is 1.37. The highest BCUT2D eigenvalue weighted by molar-refractivity contribution is 6.31. The second kappa shape index (κ2) is 6.91. The molecule has 1 aliphatic heterocycles. The molecule has 5 nitrogen and oxygen atoms in total. The number of piperidine rings is 1. The van der Waals surface area contributed by atoms with Gasteiger partial charge in [-0.2, -0.15) is 0 Å². The highest BCUT2D eigenvalue weighted by Crippen LogP contribution is 2.19. The van der Waals surface area contributed by atoms with E-state index in [9.17, 15) is 9.59 Å². The number of hydrogen-bond acceptors (Lipinski definition) is 3. The van der Waals surface area contributed by atoms with Gasteiger partial charge in [-0.15, -0.1) is 0 Å². The molecule has 1 saturated heterocycles. The molecule has 1 aliphatic rings. The maximum atomic E-state index is 12.3. The van der Waals surface area contributed by atoms with Crippen molar-refractivity contribution in [3.63, 3.8) is 0 Å². The highest BCUT2D eigenvalue weighted by atomic mass is 35.5. The van der Waals surface area contributed by atoms with Crippen molar-refractivity contribution in [1.82, 2.24) is 10.2 Å². The minimum Gasteiger partial charge on any atom is -0.480 e. The number of benzene rings is 1. The van der Waals surface area contributed by atoms with Crippen LogP contribution in [-0.2, 0) is 4.79 Å². The molecule has 6 heteroatoms. The SMILES string of the molecule is Cc1c(Cl)cccc1C(=O)NC1CCN(CC(=O)O)CC1. The van der Waals surface area contributed by atoms with E-state index >= 15 is 0 Å². The summed E-state index contributed by atoms with van der Waals surface area (Å²) in [4.78, 5) is 24.8. The number of carbonyl (C=O) groups is 2. The summed E-state index contributed by atoms with van der Waals surface area (Å²) in [6.45, 7) is 3.26. The predicted molar refractivity (Wildman–Crippen MR) is 80.8 cm³/mol. The second-order valence-corrected chi connectivity index (χ2v) is 5.74. The van der Waals surface area contributed by atoms with E-state index in [0.29, 0.717) is 23.7 Å². The fraction of sp³-hybridized carbons (Fsp3) is 0.467. The lowest BCUT2D eigenvalue weighted by Crippen LogP contribution is -2.46. The number of nitrogens with zero attached hydrogens (tertiary/aromatic N) is 1. The molecule has 2 N–H and O–H groups in total. The summed E-state index contributed by atoms with van der Waals surface area (Å²) in [7, 11) is 0. The molecule has 0 aromatic heterocycles. The lowest BCUT2D eigenvalue weighted by molar-refractivity contribution is -0.138. The van der Waals surface area contributed by atoms with Crippen LogP contribution in [0.2, 0.25) is 5.02 Å². The number of amides is 1. The van der Waals surface area contributed by atoms with Crippen molar-refractivity contribution >= 4 is 23.5 Å². The van der Waals surface area contributed by atoms with E-state index < -0.39 is 5.97 Å². The van der Waals surface area contributed by atoms with E-state index in [1.165, 1.54) is 0 Å². The molecule has 0 spiro atoms. The Hall–Kier alpha value is -1.59. The van der Waals surface area contributed by atoms with Gasteiger partial charge in [-0.25, -0.2) is 0 Å². The van der Waals surface area contributed by atoms with Crippen molar-refractivity contribution in [1.29, 1.82) is 0 Å². The Balaban J connectivity index is 1.90. The fourth-order valence-corrected chi connectivity index (χ4v) is 2.72. The first kappa shape index (κ1) is 15.8. The van der Waals surface area contributed by atoms with E-state index in [2.05, 4.69) is 5.32 Å². The molecule has 1 amide bonds. The number of carboxylic acids is 1. The van der Waals surface area contributed by atoms with Crippen LogP contribution in [0.4, 0.5) is 0 Å². The van der Waals surface area contributed by atoms with Crippen LogP contribution in [0.15, 0.2) is 18.2 Å². The van der Waals surface area contributed by atoms with Crippen LogP contribution in [0.1, 0.15) is 28.8 Å². The lowest BCUT2D eigenvalue weighted by Gasteiger charge is -2.31. The number of nitrogens with one attached hydrogen (secondary N) is 1. The minimum atomic E-state index is -0.813. The van der Waals surface area contributed by atoms with Crippen LogP contribution in [0.5, 0.6) is 0 Å². The molecule has 0 unspecified atom stereocenters. The number of halogens is 1. The normalized spacial score (nSPS) is 16.7. The maximum Gasteiger partial charge on any atom is 0.317 e. The van der Waals surface area contributed by atoms with Crippen LogP contribution in [0.3, 0.4) is 0 Å². The van der Waals surface area contributed by atoms with Crippen LogP contribution < -0.4 is 5.32 Å². The van der Waals surface area contributed by atoms with Crippen molar-refractivity contribution < 1.29 is 14.7 Å². The van der Waals surface area contributed by atoms with Crippen LogP contribution in [0.25, 0.3) is 0 Å². The molecule has 1 aromatic carbocycles. The molecule has 0 bridgehead atoms. The maximum absolute atomic E-state index is 12.3. The summed E-state index contributed by atoms with van der Waals surface area (Å²) < 4.78 is 0. The number of carbonyl (C=O) groups excluding carboxylic acids is 1. The number of carboxylic acid groups (broad SMARTS) is 1. The van der Waals surface area contributed by atoms with Crippen molar-refractivity contribution in [2.75, 3.05) is 19.6 Å². The van der Waals surface area contributed by atoms with Crippen LogP contribution in [-0.4, -0.2) is 47.6 Å².